The van der Waals surface area contributed by atoms with Crippen LogP contribution in [0.5, 0.6) is 0 Å². The number of aromatic nitrogens is 2. The van der Waals surface area contributed by atoms with Gasteiger partial charge in [-0.2, -0.15) is 0 Å². The minimum Gasteiger partial charge on any atom is -0.369 e. The van der Waals surface area contributed by atoms with Crippen molar-refractivity contribution in [2.24, 2.45) is 0 Å². The Bertz CT molecular complexity index is 686. The number of fused-ring (bicyclic) bond motifs is 1. The summed E-state index contributed by atoms with van der Waals surface area (Å²) < 4.78 is 0. The number of aryl methyl sites for hydroxylation is 2. The van der Waals surface area contributed by atoms with Crippen molar-refractivity contribution >= 4 is 38.7 Å². The summed E-state index contributed by atoms with van der Waals surface area (Å²) in [7, 11) is 0. The van der Waals surface area contributed by atoms with Gasteiger partial charge in [0.15, 0.2) is 0 Å². The van der Waals surface area contributed by atoms with E-state index in [9.17, 15) is 0 Å². The number of hydrogen-bond acceptors (Lipinski definition) is 5. The van der Waals surface area contributed by atoms with Crippen LogP contribution in [-0.4, -0.2) is 16.5 Å². The molecule has 5 heteroatoms. The second kappa shape index (κ2) is 5.27. The summed E-state index contributed by atoms with van der Waals surface area (Å²) in [6.45, 7) is 4.96. The second-order valence-corrected chi connectivity index (χ2v) is 6.72. The van der Waals surface area contributed by atoms with E-state index in [0.717, 1.165) is 34.8 Å². The molecular weight excluding hydrogens is 274 g/mol. The van der Waals surface area contributed by atoms with Crippen LogP contribution in [-0.2, 0) is 6.42 Å². The van der Waals surface area contributed by atoms with Crippen LogP contribution in [0.15, 0.2) is 23.6 Å². The number of nitrogens with zero attached hydrogens (tertiary/aromatic N) is 2. The molecule has 0 spiro atoms. The molecule has 0 aliphatic carbocycles. The maximum Gasteiger partial charge on any atom is 0.138 e. The van der Waals surface area contributed by atoms with Crippen molar-refractivity contribution in [1.29, 1.82) is 0 Å². The van der Waals surface area contributed by atoms with Gasteiger partial charge in [0.2, 0.25) is 0 Å². The Kier molecular flexibility index (Phi) is 3.48. The van der Waals surface area contributed by atoms with E-state index in [2.05, 4.69) is 45.8 Å². The van der Waals surface area contributed by atoms with Gasteiger partial charge >= 0.3 is 0 Å². The average molecular weight is 289 g/mol. The molecule has 0 aromatic carbocycles. The molecule has 3 aromatic rings. The molecular formula is C14H15N3S2. The van der Waals surface area contributed by atoms with Crippen molar-refractivity contribution in [2.75, 3.05) is 11.9 Å². The van der Waals surface area contributed by atoms with Crippen molar-refractivity contribution in [1.82, 2.24) is 9.97 Å². The lowest BCUT2D eigenvalue weighted by Gasteiger charge is -2.06. The van der Waals surface area contributed by atoms with Crippen LogP contribution in [0.25, 0.3) is 10.2 Å². The molecule has 19 heavy (non-hydrogen) atoms. The Labute approximate surface area is 120 Å². The number of anilines is 1. The van der Waals surface area contributed by atoms with Crippen LogP contribution < -0.4 is 5.32 Å². The Morgan fingerprint density at radius 2 is 2.16 bits per heavy atom. The lowest BCUT2D eigenvalue weighted by atomic mass is 10.3. The zero-order valence-electron chi connectivity index (χ0n) is 10.9. The highest BCUT2D eigenvalue weighted by molar-refractivity contribution is 7.18. The largest absolute Gasteiger partial charge is 0.369 e. The first kappa shape index (κ1) is 12.6. The normalized spacial score (nSPS) is 11.1. The van der Waals surface area contributed by atoms with Gasteiger partial charge in [-0.3, -0.25) is 0 Å². The maximum absolute atomic E-state index is 4.52. The molecule has 0 bridgehead atoms. The van der Waals surface area contributed by atoms with E-state index in [1.807, 2.05) is 6.92 Å². The van der Waals surface area contributed by atoms with E-state index < -0.39 is 0 Å². The summed E-state index contributed by atoms with van der Waals surface area (Å²) in [5, 5.41) is 6.70. The van der Waals surface area contributed by atoms with Gasteiger partial charge < -0.3 is 5.32 Å². The van der Waals surface area contributed by atoms with Gasteiger partial charge in [-0.25, -0.2) is 9.97 Å². The predicted molar refractivity (Wildman–Crippen MR) is 83.4 cm³/mol. The van der Waals surface area contributed by atoms with Crippen molar-refractivity contribution in [3.8, 4) is 0 Å². The Hall–Kier alpha value is -1.46. The number of hydrogen-bond donors (Lipinski definition) is 1. The van der Waals surface area contributed by atoms with Crippen LogP contribution in [0.4, 0.5) is 5.82 Å². The number of thiophene rings is 2. The third-order valence-corrected chi connectivity index (χ3v) is 4.75. The molecule has 3 nitrogen and oxygen atoms in total. The highest BCUT2D eigenvalue weighted by Gasteiger charge is 2.08. The fourth-order valence-corrected chi connectivity index (χ4v) is 3.68. The minimum atomic E-state index is 0.827. The molecule has 0 unspecified atom stereocenters. The third-order valence-electron chi connectivity index (χ3n) is 2.87. The van der Waals surface area contributed by atoms with Crippen LogP contribution in [0.1, 0.15) is 15.6 Å². The fraction of sp³-hybridized carbons (Fsp3) is 0.286. The summed E-state index contributed by atoms with van der Waals surface area (Å²) in [4.78, 5) is 12.8. The van der Waals surface area contributed by atoms with E-state index in [-0.39, 0.29) is 0 Å². The van der Waals surface area contributed by atoms with E-state index in [1.165, 1.54) is 9.75 Å². The van der Waals surface area contributed by atoms with E-state index in [4.69, 9.17) is 0 Å². The lowest BCUT2D eigenvalue weighted by molar-refractivity contribution is 1.01. The Morgan fingerprint density at radius 1 is 1.26 bits per heavy atom. The highest BCUT2D eigenvalue weighted by atomic mass is 32.1. The molecule has 3 aromatic heterocycles. The molecule has 0 radical (unpaired) electrons. The van der Waals surface area contributed by atoms with Gasteiger partial charge in [0.1, 0.15) is 16.5 Å². The standard InChI is InChI=1S/C14H15N3S2/c1-9-8-12-13(16-10(2)17-14(12)19-9)15-6-5-11-4-3-7-18-11/h3-4,7-8H,5-6H2,1-2H3,(H,15,16,17). The van der Waals surface area contributed by atoms with Gasteiger partial charge in [-0.1, -0.05) is 6.07 Å². The summed E-state index contributed by atoms with van der Waals surface area (Å²) in [6.07, 6.45) is 1.03. The number of rotatable bonds is 4. The van der Waals surface area contributed by atoms with Gasteiger partial charge in [0.05, 0.1) is 5.39 Å². The molecule has 3 rings (SSSR count). The molecule has 0 aliphatic heterocycles. The van der Waals surface area contributed by atoms with Crippen LogP contribution in [0.2, 0.25) is 0 Å². The summed E-state index contributed by atoms with van der Waals surface area (Å²) in [6, 6.07) is 6.42. The smallest absolute Gasteiger partial charge is 0.138 e. The van der Waals surface area contributed by atoms with Crippen molar-refractivity contribution in [3.63, 3.8) is 0 Å². The summed E-state index contributed by atoms with van der Waals surface area (Å²) in [5.74, 6) is 1.79. The van der Waals surface area contributed by atoms with Gasteiger partial charge in [0.25, 0.3) is 0 Å². The van der Waals surface area contributed by atoms with Gasteiger partial charge in [0, 0.05) is 16.3 Å². The van der Waals surface area contributed by atoms with Crippen LogP contribution >= 0.6 is 22.7 Å². The van der Waals surface area contributed by atoms with Crippen molar-refractivity contribution < 1.29 is 0 Å². The molecule has 3 heterocycles. The van der Waals surface area contributed by atoms with Gasteiger partial charge in [-0.15, -0.1) is 22.7 Å². The Balaban J connectivity index is 1.79. The first-order chi connectivity index (χ1) is 9.22. The molecule has 0 saturated carbocycles. The average Bonchev–Trinajstić information content (AvgIpc) is 2.97. The van der Waals surface area contributed by atoms with Crippen LogP contribution in [0, 0.1) is 13.8 Å². The zero-order valence-corrected chi connectivity index (χ0v) is 12.6. The first-order valence-electron chi connectivity index (χ1n) is 6.23. The first-order valence-corrected chi connectivity index (χ1v) is 7.93. The predicted octanol–water partition coefficient (Wildman–Crippen LogP) is 4.02. The topological polar surface area (TPSA) is 37.8 Å². The van der Waals surface area contributed by atoms with Gasteiger partial charge in [-0.05, 0) is 37.8 Å². The second-order valence-electron chi connectivity index (χ2n) is 4.45. The van der Waals surface area contributed by atoms with E-state index in [1.54, 1.807) is 22.7 Å². The quantitative estimate of drug-likeness (QED) is 0.788. The maximum atomic E-state index is 4.52. The monoisotopic (exact) mass is 289 g/mol. The summed E-state index contributed by atoms with van der Waals surface area (Å²) in [5.41, 5.74) is 0. The van der Waals surface area contributed by atoms with E-state index in [0.29, 0.717) is 0 Å². The fourth-order valence-electron chi connectivity index (χ4n) is 2.04. The van der Waals surface area contributed by atoms with Crippen molar-refractivity contribution in [3.05, 3.63) is 39.2 Å². The molecule has 98 valence electrons. The summed E-state index contributed by atoms with van der Waals surface area (Å²) >= 11 is 3.52. The van der Waals surface area contributed by atoms with Crippen LogP contribution in [0.3, 0.4) is 0 Å². The third kappa shape index (κ3) is 2.77. The minimum absolute atomic E-state index is 0.827. The SMILES string of the molecule is Cc1nc(NCCc2cccs2)c2cc(C)sc2n1. The molecule has 0 saturated heterocycles. The van der Waals surface area contributed by atoms with E-state index >= 15 is 0 Å². The molecule has 0 amide bonds. The lowest BCUT2D eigenvalue weighted by Crippen LogP contribution is -2.06. The highest BCUT2D eigenvalue weighted by Crippen LogP contribution is 2.28. The molecule has 0 aliphatic rings. The zero-order chi connectivity index (χ0) is 13.2. The molecule has 0 fully saturated rings. The van der Waals surface area contributed by atoms with Crippen molar-refractivity contribution in [2.45, 2.75) is 20.3 Å². The molecule has 0 atom stereocenters. The molecule has 1 N–H and O–H groups in total. The Morgan fingerprint density at radius 3 is 2.95 bits per heavy atom. The number of nitrogens with one attached hydrogen (secondary N) is 1.